The number of nitrogens with one attached hydrogen (secondary N) is 1. The summed E-state index contributed by atoms with van der Waals surface area (Å²) in [6, 6.07) is 6.81. The molecule has 1 aromatic carbocycles. The average Bonchev–Trinajstić information content (AvgIpc) is 3.22. The predicted octanol–water partition coefficient (Wildman–Crippen LogP) is 3.94. The second-order valence-electron chi connectivity index (χ2n) is 5.31. The van der Waals surface area contributed by atoms with Gasteiger partial charge < -0.3 is 5.32 Å². The maximum absolute atomic E-state index is 12.6. The normalized spacial score (nSPS) is 18.3. The second-order valence-corrected chi connectivity index (χ2v) is 7.79. The van der Waals surface area contributed by atoms with Crippen LogP contribution in [0.4, 0.5) is 10.8 Å². The van der Waals surface area contributed by atoms with Gasteiger partial charge in [-0.05, 0) is 24.3 Å². The summed E-state index contributed by atoms with van der Waals surface area (Å²) in [5.41, 5.74) is 0.634. The monoisotopic (exact) mass is 406 g/mol. The molecule has 1 N–H and O–H groups in total. The van der Waals surface area contributed by atoms with Crippen molar-refractivity contribution >= 4 is 62.5 Å². The Balaban J connectivity index is 1.69. The smallest absolute Gasteiger partial charge is 0.242 e. The Morgan fingerprint density at radius 3 is 2.85 bits per heavy atom. The molecule has 1 aliphatic rings. The Kier molecular flexibility index (Phi) is 6.08. The van der Waals surface area contributed by atoms with Crippen molar-refractivity contribution in [1.82, 2.24) is 9.88 Å². The van der Waals surface area contributed by atoms with Crippen molar-refractivity contribution in [1.29, 1.82) is 0 Å². The van der Waals surface area contributed by atoms with Crippen LogP contribution in [0.1, 0.15) is 6.42 Å². The topological polar surface area (TPSA) is 74.7 Å². The van der Waals surface area contributed by atoms with E-state index in [1.807, 2.05) is 5.38 Å². The number of amides is 2. The first-order chi connectivity index (χ1) is 12.6. The van der Waals surface area contributed by atoms with Crippen LogP contribution in [0.25, 0.3) is 0 Å². The maximum Gasteiger partial charge on any atom is 0.242 e. The molecule has 2 aromatic rings. The highest BCUT2D eigenvalue weighted by molar-refractivity contribution is 8.15. The minimum Gasteiger partial charge on any atom is -0.326 e. The molecule has 9 heteroatoms. The first-order valence-electron chi connectivity index (χ1n) is 7.69. The van der Waals surface area contributed by atoms with Gasteiger partial charge in [0.05, 0.1) is 0 Å². The largest absolute Gasteiger partial charge is 0.326 e. The van der Waals surface area contributed by atoms with Crippen molar-refractivity contribution < 1.29 is 9.59 Å². The first-order valence-corrected chi connectivity index (χ1v) is 9.83. The summed E-state index contributed by atoms with van der Waals surface area (Å²) in [6.07, 6.45) is 3.34. The Morgan fingerprint density at radius 2 is 2.19 bits per heavy atom. The van der Waals surface area contributed by atoms with Gasteiger partial charge >= 0.3 is 0 Å². The molecule has 1 aliphatic heterocycles. The molecule has 1 aromatic heterocycles. The molecule has 1 fully saturated rings. The van der Waals surface area contributed by atoms with Crippen molar-refractivity contribution in [2.45, 2.75) is 11.7 Å². The van der Waals surface area contributed by atoms with Gasteiger partial charge in [0.1, 0.15) is 5.25 Å². The van der Waals surface area contributed by atoms with Crippen molar-refractivity contribution in [3.63, 3.8) is 0 Å². The molecule has 0 radical (unpaired) electrons. The summed E-state index contributed by atoms with van der Waals surface area (Å²) in [6.45, 7) is 4.02. The molecule has 1 unspecified atom stereocenters. The van der Waals surface area contributed by atoms with Gasteiger partial charge in [0.2, 0.25) is 16.9 Å². The fourth-order valence-electron chi connectivity index (χ4n) is 2.29. The zero-order chi connectivity index (χ0) is 18.5. The van der Waals surface area contributed by atoms with E-state index in [-0.39, 0.29) is 18.2 Å². The number of anilines is 1. The minimum atomic E-state index is -0.527. The first kappa shape index (κ1) is 18.6. The van der Waals surface area contributed by atoms with Crippen LogP contribution in [0, 0.1) is 0 Å². The molecule has 0 saturated carbocycles. The van der Waals surface area contributed by atoms with Gasteiger partial charge in [-0.15, -0.1) is 17.9 Å². The lowest BCUT2D eigenvalue weighted by molar-refractivity contribution is -0.127. The van der Waals surface area contributed by atoms with Crippen LogP contribution in [-0.4, -0.2) is 38.7 Å². The Hall–Kier alpha value is -2.16. The quantitative estimate of drug-likeness (QED) is 0.737. The Morgan fingerprint density at radius 1 is 1.42 bits per heavy atom. The number of aliphatic imine (C=N–C) groups is 1. The number of carbonyl (C=O) groups excluding carboxylic acids is 2. The third-order valence-corrected chi connectivity index (χ3v) is 5.53. The van der Waals surface area contributed by atoms with E-state index in [0.29, 0.717) is 27.6 Å². The molecular formula is C17H15ClN4O2S2. The summed E-state index contributed by atoms with van der Waals surface area (Å²) < 4.78 is 0. The fraction of sp³-hybridized carbons (Fsp3) is 0.176. The Bertz CT molecular complexity index is 837. The fourth-order valence-corrected chi connectivity index (χ4v) is 4.13. The predicted molar refractivity (Wildman–Crippen MR) is 107 cm³/mol. The standard InChI is InChI=1S/C17H15ClN4O2S2/c1-2-8-22-15(24)13(26-17(22)21-16-19-7-9-25-16)10-14(23)20-12-5-3-11(18)4-6-12/h2-7,9,13H,1,8,10H2,(H,20,23). The zero-order valence-corrected chi connectivity index (χ0v) is 16.0. The lowest BCUT2D eigenvalue weighted by Crippen LogP contribution is -2.33. The molecule has 6 nitrogen and oxygen atoms in total. The zero-order valence-electron chi connectivity index (χ0n) is 13.6. The van der Waals surface area contributed by atoms with E-state index in [9.17, 15) is 9.59 Å². The van der Waals surface area contributed by atoms with Gasteiger partial charge in [0.15, 0.2) is 5.17 Å². The van der Waals surface area contributed by atoms with E-state index in [1.54, 1.807) is 36.5 Å². The third-order valence-electron chi connectivity index (χ3n) is 3.44. The highest BCUT2D eigenvalue weighted by Gasteiger charge is 2.38. The number of hydrogen-bond acceptors (Lipinski definition) is 6. The van der Waals surface area contributed by atoms with E-state index in [0.717, 1.165) is 0 Å². The summed E-state index contributed by atoms with van der Waals surface area (Å²) in [5.74, 6) is -0.399. The molecule has 0 spiro atoms. The number of carbonyl (C=O) groups is 2. The van der Waals surface area contributed by atoms with Crippen molar-refractivity contribution in [2.24, 2.45) is 4.99 Å². The molecule has 134 valence electrons. The van der Waals surface area contributed by atoms with Gasteiger partial charge in [0, 0.05) is 35.3 Å². The van der Waals surface area contributed by atoms with Crippen molar-refractivity contribution in [3.05, 3.63) is 53.5 Å². The van der Waals surface area contributed by atoms with Crippen LogP contribution < -0.4 is 5.32 Å². The molecule has 0 bridgehead atoms. The Labute approximate surface area is 164 Å². The highest BCUT2D eigenvalue weighted by Crippen LogP contribution is 2.32. The van der Waals surface area contributed by atoms with E-state index in [2.05, 4.69) is 21.9 Å². The summed E-state index contributed by atoms with van der Waals surface area (Å²) in [4.78, 5) is 35.0. The van der Waals surface area contributed by atoms with Crippen LogP contribution >= 0.6 is 34.7 Å². The molecular weight excluding hydrogens is 392 g/mol. The van der Waals surface area contributed by atoms with Gasteiger partial charge in [0.25, 0.3) is 0 Å². The lowest BCUT2D eigenvalue weighted by Gasteiger charge is -2.13. The highest BCUT2D eigenvalue weighted by atomic mass is 35.5. The molecule has 26 heavy (non-hydrogen) atoms. The number of benzene rings is 1. The summed E-state index contributed by atoms with van der Waals surface area (Å²) in [5, 5.41) is 5.76. The SMILES string of the molecule is C=CCN1C(=O)C(CC(=O)Nc2ccc(Cl)cc2)SC1=Nc1nccs1. The number of rotatable bonds is 6. The van der Waals surface area contributed by atoms with E-state index >= 15 is 0 Å². The van der Waals surface area contributed by atoms with Crippen LogP contribution in [0.3, 0.4) is 0 Å². The second kappa shape index (κ2) is 8.48. The minimum absolute atomic E-state index is 0.0522. The van der Waals surface area contributed by atoms with Crippen LogP contribution in [-0.2, 0) is 9.59 Å². The van der Waals surface area contributed by atoms with Crippen molar-refractivity contribution in [2.75, 3.05) is 11.9 Å². The molecule has 2 heterocycles. The molecule has 0 aliphatic carbocycles. The summed E-state index contributed by atoms with van der Waals surface area (Å²) in [7, 11) is 0. The number of hydrogen-bond donors (Lipinski definition) is 1. The molecule has 1 saturated heterocycles. The summed E-state index contributed by atoms with van der Waals surface area (Å²) >= 11 is 8.49. The number of amidine groups is 1. The van der Waals surface area contributed by atoms with Crippen LogP contribution in [0.2, 0.25) is 5.02 Å². The van der Waals surface area contributed by atoms with E-state index in [1.165, 1.54) is 28.0 Å². The van der Waals surface area contributed by atoms with Crippen LogP contribution in [0.5, 0.6) is 0 Å². The molecule has 1 atom stereocenters. The number of thiazole rings is 1. The number of thioether (sulfide) groups is 1. The lowest BCUT2D eigenvalue weighted by atomic mass is 10.2. The van der Waals surface area contributed by atoms with Crippen molar-refractivity contribution in [3.8, 4) is 0 Å². The van der Waals surface area contributed by atoms with Crippen LogP contribution in [0.15, 0.2) is 53.5 Å². The number of aromatic nitrogens is 1. The van der Waals surface area contributed by atoms with Gasteiger partial charge in [-0.2, -0.15) is 4.99 Å². The third kappa shape index (κ3) is 4.51. The van der Waals surface area contributed by atoms with Gasteiger partial charge in [-0.1, -0.05) is 29.4 Å². The molecule has 2 amide bonds. The average molecular weight is 407 g/mol. The van der Waals surface area contributed by atoms with E-state index < -0.39 is 5.25 Å². The number of halogens is 1. The van der Waals surface area contributed by atoms with Gasteiger partial charge in [-0.3, -0.25) is 14.5 Å². The number of nitrogens with zero attached hydrogens (tertiary/aromatic N) is 3. The molecule has 3 rings (SSSR count). The van der Waals surface area contributed by atoms with E-state index in [4.69, 9.17) is 11.6 Å². The maximum atomic E-state index is 12.6. The van der Waals surface area contributed by atoms with Gasteiger partial charge in [-0.25, -0.2) is 4.98 Å².